The first kappa shape index (κ1) is 17.0. The highest BCUT2D eigenvalue weighted by molar-refractivity contribution is 5.96. The first-order chi connectivity index (χ1) is 14.2. The molecule has 0 fully saturated rings. The Morgan fingerprint density at radius 3 is 2.38 bits per heavy atom. The maximum atomic E-state index is 12.1. The largest absolute Gasteiger partial charge is 0.353 e. The van der Waals surface area contributed by atoms with Crippen LogP contribution in [-0.4, -0.2) is 10.1 Å². The summed E-state index contributed by atoms with van der Waals surface area (Å²) in [6.45, 7) is 4.09. The third kappa shape index (κ3) is 2.99. The number of benzene rings is 3. The number of fused-ring (bicyclic) bond motifs is 2. The second kappa shape index (κ2) is 6.80. The third-order valence-corrected chi connectivity index (χ3v) is 4.96. The van der Waals surface area contributed by atoms with E-state index in [-0.39, 0.29) is 5.56 Å². The molecule has 0 atom stereocenters. The van der Waals surface area contributed by atoms with E-state index < -0.39 is 0 Å². The van der Waals surface area contributed by atoms with E-state index in [1.54, 1.807) is 6.20 Å². The molecule has 3 aromatic carbocycles. The van der Waals surface area contributed by atoms with Crippen molar-refractivity contribution in [2.45, 2.75) is 0 Å². The van der Waals surface area contributed by atoms with Crippen molar-refractivity contribution in [1.29, 1.82) is 0 Å². The molecule has 2 N–H and O–H groups in total. The monoisotopic (exact) mass is 379 g/mol. The van der Waals surface area contributed by atoms with E-state index in [9.17, 15) is 4.79 Å². The molecule has 140 valence electrons. The van der Waals surface area contributed by atoms with Crippen molar-refractivity contribution >= 4 is 33.1 Å². The SMILES string of the molecule is C=C(Nc1ccc(-c2c[nH]c(=O)c3ccccc23)cc1)c1onc2ccccc12. The molecule has 29 heavy (non-hydrogen) atoms. The zero-order valence-electron chi connectivity index (χ0n) is 15.5. The Morgan fingerprint density at radius 2 is 1.59 bits per heavy atom. The fourth-order valence-electron chi connectivity index (χ4n) is 3.52. The number of aromatic amines is 1. The molecule has 0 unspecified atom stereocenters. The van der Waals surface area contributed by atoms with Gasteiger partial charge in [0.2, 0.25) is 0 Å². The van der Waals surface area contributed by atoms with Crippen LogP contribution in [0.4, 0.5) is 5.69 Å². The van der Waals surface area contributed by atoms with Crippen LogP contribution in [0.15, 0.2) is 94.9 Å². The highest BCUT2D eigenvalue weighted by Gasteiger charge is 2.12. The fourth-order valence-corrected chi connectivity index (χ4v) is 3.52. The van der Waals surface area contributed by atoms with E-state index in [2.05, 4.69) is 22.0 Å². The highest BCUT2D eigenvalue weighted by atomic mass is 16.5. The van der Waals surface area contributed by atoms with Gasteiger partial charge in [-0.1, -0.05) is 54.2 Å². The van der Waals surface area contributed by atoms with Crippen LogP contribution >= 0.6 is 0 Å². The van der Waals surface area contributed by atoms with Crippen LogP contribution in [0.2, 0.25) is 0 Å². The zero-order valence-corrected chi connectivity index (χ0v) is 15.5. The summed E-state index contributed by atoms with van der Waals surface area (Å²) in [5.74, 6) is 0.622. The van der Waals surface area contributed by atoms with Gasteiger partial charge in [0.05, 0.1) is 11.1 Å². The van der Waals surface area contributed by atoms with E-state index in [0.29, 0.717) is 16.8 Å². The van der Waals surface area contributed by atoms with Crippen molar-refractivity contribution in [1.82, 2.24) is 10.1 Å². The van der Waals surface area contributed by atoms with Gasteiger partial charge in [0, 0.05) is 22.8 Å². The second-order valence-corrected chi connectivity index (χ2v) is 6.79. The first-order valence-electron chi connectivity index (χ1n) is 9.22. The zero-order chi connectivity index (χ0) is 19.8. The summed E-state index contributed by atoms with van der Waals surface area (Å²) in [4.78, 5) is 14.9. The molecule has 5 heteroatoms. The minimum atomic E-state index is -0.0850. The van der Waals surface area contributed by atoms with Crippen LogP contribution in [-0.2, 0) is 0 Å². The molecule has 2 aromatic heterocycles. The van der Waals surface area contributed by atoms with Crippen molar-refractivity contribution in [3.05, 3.63) is 102 Å². The minimum Gasteiger partial charge on any atom is -0.353 e. The van der Waals surface area contributed by atoms with E-state index in [4.69, 9.17) is 4.52 Å². The summed E-state index contributed by atoms with van der Waals surface area (Å²) >= 11 is 0. The smallest absolute Gasteiger partial charge is 0.255 e. The van der Waals surface area contributed by atoms with Gasteiger partial charge in [-0.2, -0.15) is 0 Å². The molecule has 0 spiro atoms. The van der Waals surface area contributed by atoms with Crippen molar-refractivity contribution < 1.29 is 4.52 Å². The maximum absolute atomic E-state index is 12.1. The molecule has 2 heterocycles. The lowest BCUT2D eigenvalue weighted by atomic mass is 10.0. The number of H-pyrrole nitrogens is 1. The number of aromatic nitrogens is 2. The molecule has 0 aliphatic carbocycles. The number of hydrogen-bond donors (Lipinski definition) is 2. The summed E-state index contributed by atoms with van der Waals surface area (Å²) in [6, 6.07) is 23.3. The fraction of sp³-hybridized carbons (Fsp3) is 0. The molecule has 0 aliphatic rings. The van der Waals surface area contributed by atoms with E-state index in [0.717, 1.165) is 33.1 Å². The molecule has 0 radical (unpaired) electrons. The van der Waals surface area contributed by atoms with E-state index in [1.165, 1.54) is 0 Å². The van der Waals surface area contributed by atoms with Crippen molar-refractivity contribution in [2.24, 2.45) is 0 Å². The summed E-state index contributed by atoms with van der Waals surface area (Å²) in [5.41, 5.74) is 4.23. The normalized spacial score (nSPS) is 11.0. The Balaban J connectivity index is 1.45. The van der Waals surface area contributed by atoms with Crippen molar-refractivity contribution in [3.63, 3.8) is 0 Å². The number of nitrogens with one attached hydrogen (secondary N) is 2. The van der Waals surface area contributed by atoms with Gasteiger partial charge in [0.25, 0.3) is 5.56 Å². The molecule has 0 bridgehead atoms. The number of pyridine rings is 1. The van der Waals surface area contributed by atoms with Crippen LogP contribution in [0.1, 0.15) is 5.76 Å². The van der Waals surface area contributed by atoms with Crippen LogP contribution in [0, 0.1) is 0 Å². The minimum absolute atomic E-state index is 0.0850. The topological polar surface area (TPSA) is 70.9 Å². The van der Waals surface area contributed by atoms with Gasteiger partial charge in [-0.25, -0.2) is 0 Å². The number of rotatable bonds is 4. The standard InChI is InChI=1S/C24H17N3O2/c1-15(23-20-8-4-5-9-22(20)27-29-23)26-17-12-10-16(11-13-17)21-14-25-24(28)19-7-3-2-6-18(19)21/h2-14,26H,1H2,(H,25,28). The summed E-state index contributed by atoms with van der Waals surface area (Å²) in [6.07, 6.45) is 1.76. The van der Waals surface area contributed by atoms with Gasteiger partial charge in [-0.15, -0.1) is 0 Å². The molecule has 0 saturated heterocycles. The van der Waals surface area contributed by atoms with Gasteiger partial charge in [0.1, 0.15) is 5.52 Å². The van der Waals surface area contributed by atoms with Gasteiger partial charge in [-0.3, -0.25) is 4.79 Å². The number of hydrogen-bond acceptors (Lipinski definition) is 4. The summed E-state index contributed by atoms with van der Waals surface area (Å²) in [7, 11) is 0. The third-order valence-electron chi connectivity index (χ3n) is 4.96. The predicted molar refractivity (Wildman–Crippen MR) is 117 cm³/mol. The molecule has 5 rings (SSSR count). The van der Waals surface area contributed by atoms with Crippen molar-refractivity contribution in [3.8, 4) is 11.1 Å². The molecule has 0 aliphatic heterocycles. The first-order valence-corrected chi connectivity index (χ1v) is 9.22. The van der Waals surface area contributed by atoms with Gasteiger partial charge in [-0.05, 0) is 41.3 Å². The predicted octanol–water partition coefficient (Wildman–Crippen LogP) is 5.42. The lowest BCUT2D eigenvalue weighted by Gasteiger charge is -2.10. The average molecular weight is 379 g/mol. The average Bonchev–Trinajstić information content (AvgIpc) is 3.19. The quantitative estimate of drug-likeness (QED) is 0.437. The molecule has 5 aromatic rings. The highest BCUT2D eigenvalue weighted by Crippen LogP contribution is 2.29. The molecular weight excluding hydrogens is 362 g/mol. The molecule has 5 nitrogen and oxygen atoms in total. The lowest BCUT2D eigenvalue weighted by Crippen LogP contribution is -2.05. The Bertz CT molecular complexity index is 1410. The van der Waals surface area contributed by atoms with Gasteiger partial charge in [0.15, 0.2) is 5.76 Å². The molecular formula is C24H17N3O2. The van der Waals surface area contributed by atoms with Gasteiger partial charge < -0.3 is 14.8 Å². The second-order valence-electron chi connectivity index (χ2n) is 6.79. The van der Waals surface area contributed by atoms with Gasteiger partial charge >= 0.3 is 0 Å². The number of nitrogens with zero attached hydrogens (tertiary/aromatic N) is 1. The van der Waals surface area contributed by atoms with E-state index >= 15 is 0 Å². The van der Waals surface area contributed by atoms with Crippen LogP contribution in [0.25, 0.3) is 38.5 Å². The van der Waals surface area contributed by atoms with Crippen LogP contribution in [0.3, 0.4) is 0 Å². The van der Waals surface area contributed by atoms with Crippen molar-refractivity contribution in [2.75, 3.05) is 5.32 Å². The molecule has 0 saturated carbocycles. The Kier molecular flexibility index (Phi) is 3.99. The molecule has 0 amide bonds. The lowest BCUT2D eigenvalue weighted by molar-refractivity contribution is 0.419. The van der Waals surface area contributed by atoms with Crippen LogP contribution < -0.4 is 10.9 Å². The van der Waals surface area contributed by atoms with E-state index in [1.807, 2.05) is 72.8 Å². The maximum Gasteiger partial charge on any atom is 0.255 e. The van der Waals surface area contributed by atoms with Crippen LogP contribution in [0.5, 0.6) is 0 Å². The Hall–Kier alpha value is -4.12. The Labute approximate surface area is 166 Å². The number of anilines is 1. The summed E-state index contributed by atoms with van der Waals surface area (Å²) in [5, 5.41) is 9.86. The summed E-state index contributed by atoms with van der Waals surface area (Å²) < 4.78 is 5.46. The Morgan fingerprint density at radius 1 is 0.897 bits per heavy atom.